The third-order valence-corrected chi connectivity index (χ3v) is 4.12. The van der Waals surface area contributed by atoms with Gasteiger partial charge in [0.25, 0.3) is 11.8 Å². The van der Waals surface area contributed by atoms with Crippen LogP contribution in [0.1, 0.15) is 28.9 Å². The van der Waals surface area contributed by atoms with Gasteiger partial charge in [-0.1, -0.05) is 12.1 Å². The molecule has 1 heterocycles. The molecule has 9 heteroatoms. The molecule has 0 aromatic heterocycles. The Labute approximate surface area is 165 Å². The zero-order valence-electron chi connectivity index (χ0n) is 15.6. The van der Waals surface area contributed by atoms with Gasteiger partial charge in [0, 0.05) is 5.56 Å². The van der Waals surface area contributed by atoms with Crippen molar-refractivity contribution in [2.75, 3.05) is 19.9 Å². The summed E-state index contributed by atoms with van der Waals surface area (Å²) >= 11 is 0. The van der Waals surface area contributed by atoms with E-state index in [2.05, 4.69) is 10.6 Å². The monoisotopic (exact) mass is 402 g/mol. The second kappa shape index (κ2) is 9.05. The molecule has 1 aliphatic heterocycles. The molecule has 29 heavy (non-hydrogen) atoms. The van der Waals surface area contributed by atoms with Crippen molar-refractivity contribution in [3.8, 4) is 11.5 Å². The lowest BCUT2D eigenvalue weighted by molar-refractivity contribution is -0.147. The van der Waals surface area contributed by atoms with Crippen molar-refractivity contribution in [3.63, 3.8) is 0 Å². The summed E-state index contributed by atoms with van der Waals surface area (Å²) in [6, 6.07) is 10.0. The molecule has 8 nitrogen and oxygen atoms in total. The van der Waals surface area contributed by atoms with Gasteiger partial charge < -0.3 is 24.8 Å². The van der Waals surface area contributed by atoms with Gasteiger partial charge in [-0.05, 0) is 42.8 Å². The Kier molecular flexibility index (Phi) is 6.28. The number of hydrogen-bond acceptors (Lipinski definition) is 6. The lowest BCUT2D eigenvalue weighted by atomic mass is 10.1. The Morgan fingerprint density at radius 1 is 1.14 bits per heavy atom. The predicted molar refractivity (Wildman–Crippen MR) is 98.8 cm³/mol. The third-order valence-electron chi connectivity index (χ3n) is 4.12. The van der Waals surface area contributed by atoms with Crippen LogP contribution in [0.3, 0.4) is 0 Å². The van der Waals surface area contributed by atoms with E-state index in [-0.39, 0.29) is 18.4 Å². The maximum atomic E-state index is 13.1. The van der Waals surface area contributed by atoms with E-state index in [1.54, 1.807) is 25.1 Å². The molecule has 3 rings (SSSR count). The SMILES string of the molecule is C[C@H](NC(=O)COC(=O)CNC(=O)c1cccc(F)c1)c1ccc2c(c1)OCO2. The number of carbonyl (C=O) groups excluding carboxylic acids is 3. The number of carbonyl (C=O) groups is 3. The predicted octanol–water partition coefficient (Wildman–Crippen LogP) is 1.70. The summed E-state index contributed by atoms with van der Waals surface area (Å²) in [4.78, 5) is 35.5. The maximum Gasteiger partial charge on any atom is 0.325 e. The first-order valence-electron chi connectivity index (χ1n) is 8.80. The molecular weight excluding hydrogens is 383 g/mol. The van der Waals surface area contributed by atoms with Crippen LogP contribution in [-0.4, -0.2) is 37.7 Å². The van der Waals surface area contributed by atoms with Crippen molar-refractivity contribution >= 4 is 17.8 Å². The summed E-state index contributed by atoms with van der Waals surface area (Å²) in [6.45, 7) is 0.992. The lowest BCUT2D eigenvalue weighted by Crippen LogP contribution is -2.34. The van der Waals surface area contributed by atoms with Gasteiger partial charge in [0.1, 0.15) is 12.4 Å². The molecule has 0 saturated heterocycles. The number of benzene rings is 2. The Morgan fingerprint density at radius 3 is 2.72 bits per heavy atom. The number of halogens is 1. The highest BCUT2D eigenvalue weighted by Crippen LogP contribution is 2.34. The van der Waals surface area contributed by atoms with E-state index >= 15 is 0 Å². The first kappa shape index (κ1) is 20.1. The Bertz CT molecular complexity index is 933. The average molecular weight is 402 g/mol. The normalized spacial score (nSPS) is 12.8. The smallest absolute Gasteiger partial charge is 0.325 e. The molecule has 0 aliphatic carbocycles. The molecule has 152 valence electrons. The van der Waals surface area contributed by atoms with E-state index in [1.807, 2.05) is 0 Å². The number of ether oxygens (including phenoxy) is 3. The second-order valence-corrected chi connectivity index (χ2v) is 6.26. The van der Waals surface area contributed by atoms with E-state index < -0.39 is 36.8 Å². The topological polar surface area (TPSA) is 103 Å². The van der Waals surface area contributed by atoms with Gasteiger partial charge in [0.05, 0.1) is 6.04 Å². The molecule has 2 aromatic rings. The molecular formula is C20H19FN2O6. The number of nitrogens with one attached hydrogen (secondary N) is 2. The summed E-state index contributed by atoms with van der Waals surface area (Å²) < 4.78 is 28.5. The molecule has 0 spiro atoms. The first-order chi connectivity index (χ1) is 13.9. The van der Waals surface area contributed by atoms with E-state index in [0.717, 1.165) is 11.6 Å². The van der Waals surface area contributed by atoms with Crippen molar-refractivity contribution in [3.05, 3.63) is 59.4 Å². The molecule has 0 radical (unpaired) electrons. The zero-order valence-corrected chi connectivity index (χ0v) is 15.6. The standard InChI is InChI=1S/C20H19FN2O6/c1-12(13-5-6-16-17(8-13)29-11-28-16)23-18(24)10-27-19(25)9-22-20(26)14-3-2-4-15(21)7-14/h2-8,12H,9-11H2,1H3,(H,22,26)(H,23,24)/t12-/m0/s1. The van der Waals surface area contributed by atoms with Gasteiger partial charge >= 0.3 is 5.97 Å². The van der Waals surface area contributed by atoms with Gasteiger partial charge in [-0.15, -0.1) is 0 Å². The molecule has 2 aromatic carbocycles. The summed E-state index contributed by atoms with van der Waals surface area (Å²) in [5.74, 6) is -1.23. The molecule has 2 N–H and O–H groups in total. The average Bonchev–Trinajstić information content (AvgIpc) is 3.18. The van der Waals surface area contributed by atoms with Gasteiger partial charge in [0.15, 0.2) is 18.1 Å². The number of rotatable bonds is 7. The van der Waals surface area contributed by atoms with Crippen LogP contribution in [0.4, 0.5) is 4.39 Å². The van der Waals surface area contributed by atoms with Crippen LogP contribution >= 0.6 is 0 Å². The lowest BCUT2D eigenvalue weighted by Gasteiger charge is -2.15. The minimum atomic E-state index is -0.791. The Morgan fingerprint density at radius 2 is 1.93 bits per heavy atom. The van der Waals surface area contributed by atoms with Gasteiger partial charge in [-0.25, -0.2) is 4.39 Å². The number of amides is 2. The van der Waals surface area contributed by atoms with Crippen LogP contribution in [0.15, 0.2) is 42.5 Å². The van der Waals surface area contributed by atoms with Crippen LogP contribution in [0.5, 0.6) is 11.5 Å². The minimum Gasteiger partial charge on any atom is -0.454 e. The zero-order chi connectivity index (χ0) is 20.8. The van der Waals surface area contributed by atoms with Gasteiger partial charge in [0.2, 0.25) is 6.79 Å². The summed E-state index contributed by atoms with van der Waals surface area (Å²) in [5, 5.41) is 5.00. The van der Waals surface area contributed by atoms with Crippen molar-refractivity contribution in [2.24, 2.45) is 0 Å². The largest absolute Gasteiger partial charge is 0.454 e. The van der Waals surface area contributed by atoms with Gasteiger partial charge in [-0.3, -0.25) is 14.4 Å². The van der Waals surface area contributed by atoms with Crippen molar-refractivity contribution in [2.45, 2.75) is 13.0 Å². The summed E-state index contributed by atoms with van der Waals surface area (Å²) in [7, 11) is 0. The minimum absolute atomic E-state index is 0.0769. The number of esters is 1. The molecule has 0 bridgehead atoms. The van der Waals surface area contributed by atoms with Crippen LogP contribution in [0.25, 0.3) is 0 Å². The molecule has 0 fully saturated rings. The highest BCUT2D eigenvalue weighted by molar-refractivity contribution is 5.96. The molecule has 1 atom stereocenters. The highest BCUT2D eigenvalue weighted by atomic mass is 19.1. The van der Waals surface area contributed by atoms with Crippen LogP contribution in [0.2, 0.25) is 0 Å². The Balaban J connectivity index is 1.40. The first-order valence-corrected chi connectivity index (χ1v) is 8.80. The van der Waals surface area contributed by atoms with Crippen LogP contribution < -0.4 is 20.1 Å². The third kappa shape index (κ3) is 5.44. The molecule has 1 aliphatic rings. The fourth-order valence-corrected chi connectivity index (χ4v) is 2.63. The number of hydrogen-bond donors (Lipinski definition) is 2. The van der Waals surface area contributed by atoms with Crippen molar-refractivity contribution in [1.29, 1.82) is 0 Å². The quantitative estimate of drug-likeness (QED) is 0.684. The van der Waals surface area contributed by atoms with Crippen LogP contribution in [0, 0.1) is 5.82 Å². The van der Waals surface area contributed by atoms with Crippen molar-refractivity contribution in [1.82, 2.24) is 10.6 Å². The molecule has 2 amide bonds. The highest BCUT2D eigenvalue weighted by Gasteiger charge is 2.17. The fraction of sp³-hybridized carbons (Fsp3) is 0.250. The van der Waals surface area contributed by atoms with E-state index in [1.165, 1.54) is 18.2 Å². The second-order valence-electron chi connectivity index (χ2n) is 6.26. The molecule has 0 unspecified atom stereocenters. The van der Waals surface area contributed by atoms with Crippen molar-refractivity contribution < 1.29 is 33.0 Å². The van der Waals surface area contributed by atoms with Gasteiger partial charge in [-0.2, -0.15) is 0 Å². The number of fused-ring (bicyclic) bond motifs is 1. The van der Waals surface area contributed by atoms with E-state index in [0.29, 0.717) is 11.5 Å². The fourth-order valence-electron chi connectivity index (χ4n) is 2.63. The van der Waals surface area contributed by atoms with E-state index in [4.69, 9.17) is 14.2 Å². The summed E-state index contributed by atoms with van der Waals surface area (Å²) in [6.07, 6.45) is 0. The summed E-state index contributed by atoms with van der Waals surface area (Å²) in [5.41, 5.74) is 0.879. The van der Waals surface area contributed by atoms with Crippen LogP contribution in [-0.2, 0) is 14.3 Å². The molecule has 0 saturated carbocycles. The van der Waals surface area contributed by atoms with E-state index in [9.17, 15) is 18.8 Å². The maximum absolute atomic E-state index is 13.1. The Hall–Kier alpha value is -3.62.